The zero-order valence-corrected chi connectivity index (χ0v) is 24.2. The molecule has 2 amide bonds. The fourth-order valence-electron chi connectivity index (χ4n) is 5.86. The van der Waals surface area contributed by atoms with Gasteiger partial charge in [0.2, 0.25) is 0 Å². The molecule has 1 aliphatic carbocycles. The van der Waals surface area contributed by atoms with Crippen LogP contribution in [-0.4, -0.2) is 35.0 Å². The van der Waals surface area contributed by atoms with Gasteiger partial charge in [0.15, 0.2) is 5.82 Å². The van der Waals surface area contributed by atoms with Crippen molar-refractivity contribution in [3.8, 4) is 22.5 Å². The minimum Gasteiger partial charge on any atom is -0.455 e. The number of furan rings is 1. The van der Waals surface area contributed by atoms with Crippen molar-refractivity contribution in [2.45, 2.75) is 45.3 Å². The SMILES string of the molecule is CNC(=O)c1c(-c2ccc(C)cc2)oc2ccc(-c3cc(C(=O)NC4(c5ncccn5)CC(F)C4)c(C)cc3C)c(F)c12. The predicted molar refractivity (Wildman–Crippen MR) is 160 cm³/mol. The van der Waals surface area contributed by atoms with E-state index in [1.165, 1.54) is 7.05 Å². The van der Waals surface area contributed by atoms with Crippen molar-refractivity contribution in [2.24, 2.45) is 0 Å². The highest BCUT2D eigenvalue weighted by molar-refractivity contribution is 6.12. The van der Waals surface area contributed by atoms with Crippen LogP contribution < -0.4 is 10.6 Å². The number of benzene rings is 3. The number of alkyl halides is 1. The summed E-state index contributed by atoms with van der Waals surface area (Å²) in [7, 11) is 1.48. The Morgan fingerprint density at radius 2 is 1.63 bits per heavy atom. The number of hydrogen-bond donors (Lipinski definition) is 2. The van der Waals surface area contributed by atoms with Gasteiger partial charge in [0, 0.05) is 49.0 Å². The Balaban J connectivity index is 1.45. The maximum atomic E-state index is 16.5. The van der Waals surface area contributed by atoms with Crippen LogP contribution in [0.1, 0.15) is 56.1 Å². The third-order valence-corrected chi connectivity index (χ3v) is 8.15. The molecule has 3 aromatic carbocycles. The standard InChI is InChI=1S/C34H30F2N4O3/c1-18-6-8-21(9-7-18)30-28(32(42)37-4)27-26(43-30)11-10-23(29(27)36)24-15-25(20(3)14-19(24)2)31(41)40-34(16-22(35)17-34)33-38-12-5-13-39-33/h5-15,22H,16-17H2,1-4H3,(H,37,42)(H,40,41). The van der Waals surface area contributed by atoms with Crippen molar-refractivity contribution < 1.29 is 22.8 Å². The minimum atomic E-state index is -1.08. The number of aromatic nitrogens is 2. The lowest BCUT2D eigenvalue weighted by atomic mass is 9.74. The van der Waals surface area contributed by atoms with Crippen molar-refractivity contribution in [3.05, 3.63) is 106 Å². The number of fused-ring (bicyclic) bond motifs is 1. The lowest BCUT2D eigenvalue weighted by Gasteiger charge is -2.43. The molecule has 218 valence electrons. The van der Waals surface area contributed by atoms with Gasteiger partial charge in [-0.2, -0.15) is 0 Å². The number of amides is 2. The van der Waals surface area contributed by atoms with E-state index in [-0.39, 0.29) is 40.7 Å². The van der Waals surface area contributed by atoms with Crippen molar-refractivity contribution in [2.75, 3.05) is 7.05 Å². The van der Waals surface area contributed by atoms with E-state index in [1.807, 2.05) is 44.2 Å². The second-order valence-electron chi connectivity index (χ2n) is 11.1. The summed E-state index contributed by atoms with van der Waals surface area (Å²) in [5.74, 6) is -0.928. The summed E-state index contributed by atoms with van der Waals surface area (Å²) >= 11 is 0. The van der Waals surface area contributed by atoms with Crippen LogP contribution in [0, 0.1) is 26.6 Å². The van der Waals surface area contributed by atoms with Crippen molar-refractivity contribution in [1.29, 1.82) is 0 Å². The summed E-state index contributed by atoms with van der Waals surface area (Å²) in [5.41, 5.74) is 3.42. The van der Waals surface area contributed by atoms with Crippen molar-refractivity contribution >= 4 is 22.8 Å². The van der Waals surface area contributed by atoms with Crippen LogP contribution in [-0.2, 0) is 5.54 Å². The second kappa shape index (κ2) is 10.7. The molecule has 43 heavy (non-hydrogen) atoms. The lowest BCUT2D eigenvalue weighted by Crippen LogP contribution is -2.56. The molecule has 0 radical (unpaired) electrons. The van der Waals surface area contributed by atoms with Gasteiger partial charge >= 0.3 is 0 Å². The Bertz CT molecular complexity index is 1880. The zero-order chi connectivity index (χ0) is 30.5. The highest BCUT2D eigenvalue weighted by Gasteiger charge is 2.49. The van der Waals surface area contributed by atoms with Gasteiger partial charge in [0.1, 0.15) is 28.9 Å². The molecule has 1 fully saturated rings. The molecule has 0 bridgehead atoms. The first kappa shape index (κ1) is 28.2. The summed E-state index contributed by atoms with van der Waals surface area (Å²) in [5, 5.41) is 5.63. The lowest BCUT2D eigenvalue weighted by molar-refractivity contribution is 0.0481. The third-order valence-electron chi connectivity index (χ3n) is 8.15. The number of carbonyl (C=O) groups is 2. The monoisotopic (exact) mass is 580 g/mol. The number of halogens is 2. The van der Waals surface area contributed by atoms with Gasteiger partial charge in [0.25, 0.3) is 11.8 Å². The van der Waals surface area contributed by atoms with E-state index in [1.54, 1.807) is 43.6 Å². The molecular formula is C34H30F2N4O3. The predicted octanol–water partition coefficient (Wildman–Crippen LogP) is 6.74. The maximum absolute atomic E-state index is 16.5. The van der Waals surface area contributed by atoms with E-state index in [4.69, 9.17) is 4.42 Å². The first-order chi connectivity index (χ1) is 20.6. The van der Waals surface area contributed by atoms with Gasteiger partial charge in [-0.05, 0) is 61.7 Å². The van der Waals surface area contributed by atoms with E-state index in [2.05, 4.69) is 20.6 Å². The molecular weight excluding hydrogens is 550 g/mol. The van der Waals surface area contributed by atoms with E-state index in [9.17, 15) is 14.0 Å². The number of nitrogens with one attached hydrogen (secondary N) is 2. The van der Waals surface area contributed by atoms with Gasteiger partial charge in [-0.15, -0.1) is 0 Å². The number of aryl methyl sites for hydroxylation is 3. The van der Waals surface area contributed by atoms with E-state index >= 15 is 4.39 Å². The minimum absolute atomic E-state index is 0.0574. The van der Waals surface area contributed by atoms with Gasteiger partial charge in [-0.1, -0.05) is 35.9 Å². The zero-order valence-electron chi connectivity index (χ0n) is 24.2. The molecule has 2 N–H and O–H groups in total. The maximum Gasteiger partial charge on any atom is 0.255 e. The second-order valence-corrected chi connectivity index (χ2v) is 11.1. The molecule has 7 nitrogen and oxygen atoms in total. The molecule has 0 aliphatic heterocycles. The summed E-state index contributed by atoms with van der Waals surface area (Å²) < 4.78 is 36.7. The Morgan fingerprint density at radius 3 is 2.28 bits per heavy atom. The van der Waals surface area contributed by atoms with Crippen LogP contribution in [0.4, 0.5) is 8.78 Å². The van der Waals surface area contributed by atoms with Crippen LogP contribution in [0.15, 0.2) is 71.4 Å². The van der Waals surface area contributed by atoms with Gasteiger partial charge in [0.05, 0.1) is 10.9 Å². The van der Waals surface area contributed by atoms with Gasteiger partial charge in [-0.3, -0.25) is 9.59 Å². The number of hydrogen-bond acceptors (Lipinski definition) is 5. The topological polar surface area (TPSA) is 97.1 Å². The highest BCUT2D eigenvalue weighted by atomic mass is 19.1. The number of nitrogens with zero attached hydrogens (tertiary/aromatic N) is 2. The molecule has 5 aromatic rings. The Labute approximate surface area is 247 Å². The molecule has 0 unspecified atom stereocenters. The van der Waals surface area contributed by atoms with Crippen LogP contribution in [0.2, 0.25) is 0 Å². The summed E-state index contributed by atoms with van der Waals surface area (Å²) in [6.45, 7) is 5.58. The van der Waals surface area contributed by atoms with Crippen molar-refractivity contribution in [1.82, 2.24) is 20.6 Å². The molecule has 0 saturated heterocycles. The van der Waals surface area contributed by atoms with Gasteiger partial charge < -0.3 is 15.1 Å². The molecule has 1 saturated carbocycles. The van der Waals surface area contributed by atoms with Gasteiger partial charge in [-0.25, -0.2) is 18.7 Å². The molecule has 2 aromatic heterocycles. The van der Waals surface area contributed by atoms with E-state index in [0.29, 0.717) is 28.1 Å². The molecule has 9 heteroatoms. The quantitative estimate of drug-likeness (QED) is 0.232. The largest absolute Gasteiger partial charge is 0.455 e. The molecule has 0 spiro atoms. The number of carbonyl (C=O) groups excluding carboxylic acids is 2. The van der Waals surface area contributed by atoms with E-state index in [0.717, 1.165) is 11.1 Å². The fourth-order valence-corrected chi connectivity index (χ4v) is 5.86. The normalized spacial score (nSPS) is 17.9. The summed E-state index contributed by atoms with van der Waals surface area (Å²) in [4.78, 5) is 35.3. The number of rotatable bonds is 6. The molecule has 0 atom stereocenters. The first-order valence-electron chi connectivity index (χ1n) is 14.0. The van der Waals surface area contributed by atoms with Crippen LogP contribution in [0.3, 0.4) is 0 Å². The smallest absolute Gasteiger partial charge is 0.255 e. The van der Waals surface area contributed by atoms with Crippen molar-refractivity contribution in [3.63, 3.8) is 0 Å². The Morgan fingerprint density at radius 1 is 0.930 bits per heavy atom. The average Bonchev–Trinajstić information content (AvgIpc) is 3.38. The Kier molecular flexibility index (Phi) is 7.04. The molecule has 6 rings (SSSR count). The average molecular weight is 581 g/mol. The first-order valence-corrected chi connectivity index (χ1v) is 14.0. The highest BCUT2D eigenvalue weighted by Crippen LogP contribution is 2.43. The van der Waals surface area contributed by atoms with E-state index < -0.39 is 29.3 Å². The summed E-state index contributed by atoms with van der Waals surface area (Å²) in [6.07, 6.45) is 2.18. The van der Waals surface area contributed by atoms with Crippen LogP contribution in [0.25, 0.3) is 33.4 Å². The third kappa shape index (κ3) is 4.84. The van der Waals surface area contributed by atoms with Crippen LogP contribution >= 0.6 is 0 Å². The van der Waals surface area contributed by atoms with Crippen LogP contribution in [0.5, 0.6) is 0 Å². The Hall–Kier alpha value is -4.92. The molecule has 1 aliphatic rings. The fraction of sp³-hybridized carbons (Fsp3) is 0.235. The summed E-state index contributed by atoms with van der Waals surface area (Å²) in [6, 6.07) is 15.8. The molecule has 2 heterocycles.